The maximum absolute atomic E-state index is 12.3. The van der Waals surface area contributed by atoms with E-state index in [0.717, 1.165) is 18.4 Å². The lowest BCUT2D eigenvalue weighted by Gasteiger charge is -2.23. The van der Waals surface area contributed by atoms with E-state index < -0.39 is 0 Å². The smallest absolute Gasteiger partial charge is 0.315 e. The summed E-state index contributed by atoms with van der Waals surface area (Å²) in [6.45, 7) is 0.752. The van der Waals surface area contributed by atoms with Crippen molar-refractivity contribution in [1.29, 1.82) is 0 Å². The second kappa shape index (κ2) is 10.6. The Morgan fingerprint density at radius 1 is 1.15 bits per heavy atom. The topological polar surface area (TPSA) is 79.9 Å². The van der Waals surface area contributed by atoms with E-state index in [2.05, 4.69) is 10.6 Å². The highest BCUT2D eigenvalue weighted by atomic mass is 16.5. The van der Waals surface area contributed by atoms with E-state index in [0.29, 0.717) is 24.6 Å². The van der Waals surface area contributed by atoms with Gasteiger partial charge in [0.25, 0.3) is 0 Å². The molecule has 1 aliphatic rings. The lowest BCUT2D eigenvalue weighted by atomic mass is 9.96. The summed E-state index contributed by atoms with van der Waals surface area (Å²) in [7, 11) is 4.94. The molecular formula is C20H31N3O4. The highest BCUT2D eigenvalue weighted by Gasteiger charge is 2.16. The summed E-state index contributed by atoms with van der Waals surface area (Å²) in [5, 5.41) is 5.76. The summed E-state index contributed by atoms with van der Waals surface area (Å²) in [5.74, 6) is 1.35. The number of ether oxygens (including phenoxy) is 2. The predicted octanol–water partition coefficient (Wildman–Crippen LogP) is 2.68. The van der Waals surface area contributed by atoms with Gasteiger partial charge in [0.2, 0.25) is 5.91 Å². The summed E-state index contributed by atoms with van der Waals surface area (Å²) < 4.78 is 10.6. The zero-order valence-corrected chi connectivity index (χ0v) is 16.5. The van der Waals surface area contributed by atoms with Gasteiger partial charge in [-0.15, -0.1) is 0 Å². The molecule has 27 heavy (non-hydrogen) atoms. The van der Waals surface area contributed by atoms with Crippen LogP contribution in [0.3, 0.4) is 0 Å². The molecule has 0 saturated heterocycles. The van der Waals surface area contributed by atoms with Crippen LogP contribution in [0.1, 0.15) is 44.1 Å². The van der Waals surface area contributed by atoms with Crippen LogP contribution in [-0.2, 0) is 11.3 Å². The maximum atomic E-state index is 12.3. The number of methoxy groups -OCH3 is 2. The molecule has 0 atom stereocenters. The van der Waals surface area contributed by atoms with Gasteiger partial charge in [0.05, 0.1) is 14.2 Å². The van der Waals surface area contributed by atoms with Gasteiger partial charge in [-0.3, -0.25) is 4.79 Å². The van der Waals surface area contributed by atoms with Crippen molar-refractivity contribution in [2.75, 3.05) is 27.8 Å². The van der Waals surface area contributed by atoms with E-state index >= 15 is 0 Å². The molecule has 2 N–H and O–H groups in total. The summed E-state index contributed by atoms with van der Waals surface area (Å²) in [6.07, 6.45) is 5.93. The van der Waals surface area contributed by atoms with E-state index in [9.17, 15) is 9.59 Å². The van der Waals surface area contributed by atoms with Crippen LogP contribution in [0.25, 0.3) is 0 Å². The monoisotopic (exact) mass is 377 g/mol. The molecule has 7 nitrogen and oxygen atoms in total. The Balaban J connectivity index is 1.74. The van der Waals surface area contributed by atoms with Gasteiger partial charge < -0.3 is 25.0 Å². The minimum Gasteiger partial charge on any atom is -0.497 e. The lowest BCUT2D eigenvalue weighted by Crippen LogP contribution is -2.43. The molecular weight excluding hydrogens is 346 g/mol. The van der Waals surface area contributed by atoms with Crippen LogP contribution < -0.4 is 20.1 Å². The minimum atomic E-state index is -0.186. The number of hydrogen-bond acceptors (Lipinski definition) is 4. The van der Waals surface area contributed by atoms with E-state index in [-0.39, 0.29) is 24.4 Å². The number of amides is 3. The molecule has 0 bridgehead atoms. The molecule has 1 saturated carbocycles. The molecule has 0 unspecified atom stereocenters. The Morgan fingerprint density at radius 3 is 2.56 bits per heavy atom. The van der Waals surface area contributed by atoms with E-state index in [1.165, 1.54) is 19.3 Å². The van der Waals surface area contributed by atoms with Crippen molar-refractivity contribution in [3.05, 3.63) is 23.8 Å². The SMILES string of the molecule is COc1ccc(CN(C)C(=O)CCNC(=O)NC2CCCCC2)c(OC)c1. The summed E-state index contributed by atoms with van der Waals surface area (Å²) >= 11 is 0. The molecule has 1 aromatic carbocycles. The highest BCUT2D eigenvalue weighted by Crippen LogP contribution is 2.25. The van der Waals surface area contributed by atoms with Gasteiger partial charge in [-0.2, -0.15) is 0 Å². The molecule has 1 aliphatic carbocycles. The van der Waals surface area contributed by atoms with E-state index in [1.807, 2.05) is 12.1 Å². The predicted molar refractivity (Wildman–Crippen MR) is 104 cm³/mol. The van der Waals surface area contributed by atoms with Crippen molar-refractivity contribution >= 4 is 11.9 Å². The molecule has 0 aliphatic heterocycles. The van der Waals surface area contributed by atoms with Crippen molar-refractivity contribution in [3.8, 4) is 11.5 Å². The van der Waals surface area contributed by atoms with Crippen LogP contribution in [0.15, 0.2) is 18.2 Å². The normalized spacial score (nSPS) is 14.3. The van der Waals surface area contributed by atoms with Crippen LogP contribution >= 0.6 is 0 Å². The molecule has 0 radical (unpaired) electrons. The van der Waals surface area contributed by atoms with Gasteiger partial charge in [-0.25, -0.2) is 4.79 Å². The van der Waals surface area contributed by atoms with Crippen LogP contribution in [0.5, 0.6) is 11.5 Å². The molecule has 0 aromatic heterocycles. The average molecular weight is 377 g/mol. The molecule has 3 amide bonds. The number of hydrogen-bond donors (Lipinski definition) is 2. The molecule has 1 aromatic rings. The average Bonchev–Trinajstić information content (AvgIpc) is 2.68. The minimum absolute atomic E-state index is 0.0363. The highest BCUT2D eigenvalue weighted by molar-refractivity contribution is 5.78. The van der Waals surface area contributed by atoms with Gasteiger partial charge >= 0.3 is 6.03 Å². The third-order valence-electron chi connectivity index (χ3n) is 4.89. The number of carbonyl (C=O) groups is 2. The number of rotatable bonds is 8. The maximum Gasteiger partial charge on any atom is 0.315 e. The first-order valence-electron chi connectivity index (χ1n) is 9.52. The quantitative estimate of drug-likeness (QED) is 0.730. The second-order valence-electron chi connectivity index (χ2n) is 6.91. The lowest BCUT2D eigenvalue weighted by molar-refractivity contribution is -0.130. The summed E-state index contributed by atoms with van der Waals surface area (Å²) in [4.78, 5) is 25.9. The Kier molecular flexibility index (Phi) is 8.23. The summed E-state index contributed by atoms with van der Waals surface area (Å²) in [5.41, 5.74) is 0.900. The van der Waals surface area contributed by atoms with Crippen molar-refractivity contribution < 1.29 is 19.1 Å². The Hall–Kier alpha value is -2.44. The van der Waals surface area contributed by atoms with Gasteiger partial charge in [0.15, 0.2) is 0 Å². The fourth-order valence-corrected chi connectivity index (χ4v) is 3.28. The number of benzene rings is 1. The van der Waals surface area contributed by atoms with Crippen LogP contribution in [-0.4, -0.2) is 50.7 Å². The first-order valence-corrected chi connectivity index (χ1v) is 9.52. The molecule has 0 spiro atoms. The first kappa shape index (κ1) is 20.9. The van der Waals surface area contributed by atoms with Crippen LogP contribution in [0.4, 0.5) is 4.79 Å². The van der Waals surface area contributed by atoms with Gasteiger partial charge in [0, 0.05) is 44.2 Å². The molecule has 150 valence electrons. The zero-order chi connectivity index (χ0) is 19.6. The number of carbonyl (C=O) groups excluding carboxylic acids is 2. The Bertz CT molecular complexity index is 630. The van der Waals surface area contributed by atoms with Crippen LogP contribution in [0, 0.1) is 0 Å². The standard InChI is InChI=1S/C20H31N3O4/c1-23(14-15-9-10-17(26-2)13-18(15)27-3)19(24)11-12-21-20(25)22-16-7-5-4-6-8-16/h9-10,13,16H,4-8,11-12,14H2,1-3H3,(H2,21,22,25). The molecule has 0 heterocycles. The van der Waals surface area contributed by atoms with Gasteiger partial charge in [-0.1, -0.05) is 19.3 Å². The van der Waals surface area contributed by atoms with E-state index in [1.54, 1.807) is 32.2 Å². The third-order valence-corrected chi connectivity index (χ3v) is 4.89. The fraction of sp³-hybridized carbons (Fsp3) is 0.600. The van der Waals surface area contributed by atoms with Gasteiger partial charge in [-0.05, 0) is 25.0 Å². The Labute approximate surface area is 161 Å². The molecule has 2 rings (SSSR count). The Morgan fingerprint density at radius 2 is 1.89 bits per heavy atom. The second-order valence-corrected chi connectivity index (χ2v) is 6.91. The fourth-order valence-electron chi connectivity index (χ4n) is 3.28. The van der Waals surface area contributed by atoms with Crippen molar-refractivity contribution in [2.45, 2.75) is 51.1 Å². The summed E-state index contributed by atoms with van der Waals surface area (Å²) in [6, 6.07) is 5.60. The molecule has 7 heteroatoms. The third kappa shape index (κ3) is 6.66. The number of urea groups is 1. The van der Waals surface area contributed by atoms with Crippen molar-refractivity contribution in [3.63, 3.8) is 0 Å². The number of nitrogens with zero attached hydrogens (tertiary/aromatic N) is 1. The van der Waals surface area contributed by atoms with Crippen LogP contribution in [0.2, 0.25) is 0 Å². The largest absolute Gasteiger partial charge is 0.497 e. The first-order chi connectivity index (χ1) is 13.0. The van der Waals surface area contributed by atoms with E-state index in [4.69, 9.17) is 9.47 Å². The molecule has 1 fully saturated rings. The van der Waals surface area contributed by atoms with Crippen molar-refractivity contribution in [2.24, 2.45) is 0 Å². The number of nitrogens with one attached hydrogen (secondary N) is 2. The van der Waals surface area contributed by atoms with Crippen molar-refractivity contribution in [1.82, 2.24) is 15.5 Å². The zero-order valence-electron chi connectivity index (χ0n) is 16.5. The van der Waals surface area contributed by atoms with Gasteiger partial charge in [0.1, 0.15) is 11.5 Å².